The van der Waals surface area contributed by atoms with Gasteiger partial charge in [-0.15, -0.1) is 0 Å². The van der Waals surface area contributed by atoms with Crippen molar-refractivity contribution in [3.05, 3.63) is 90.6 Å². The standard InChI is InChI=1S/C25H23N3O6S/c1-4-34-24(32)20-14(2)27-25-28(21(20)15-7-6-10-18(12-15)33-3)22(29)19(35-25)13-26-17-9-5-8-16(11-17)23(30)31/h5-13,21,26H,4H2,1-3H3,(H,30,31)/b19-13-/t21-/m1/s1. The summed E-state index contributed by atoms with van der Waals surface area (Å²) < 4.78 is 12.5. The minimum absolute atomic E-state index is 0.123. The van der Waals surface area contributed by atoms with Crippen molar-refractivity contribution in [3.63, 3.8) is 0 Å². The lowest BCUT2D eigenvalue weighted by molar-refractivity contribution is -0.139. The number of carboxylic acid groups (broad SMARTS) is 1. The molecule has 0 saturated carbocycles. The number of methoxy groups -OCH3 is 1. The molecular weight excluding hydrogens is 470 g/mol. The number of nitrogens with one attached hydrogen (secondary N) is 1. The molecule has 0 unspecified atom stereocenters. The van der Waals surface area contributed by atoms with Gasteiger partial charge in [0.1, 0.15) is 10.3 Å². The SMILES string of the molecule is CCOC(=O)C1=C(C)N=c2s/c(=C\Nc3cccc(C(=O)O)c3)c(=O)n2[C@@H]1c1cccc(OC)c1. The third-order valence-electron chi connectivity index (χ3n) is 5.41. The molecule has 0 fully saturated rings. The number of esters is 1. The van der Waals surface area contributed by atoms with E-state index >= 15 is 0 Å². The van der Waals surface area contributed by atoms with Gasteiger partial charge in [0.2, 0.25) is 0 Å². The molecule has 35 heavy (non-hydrogen) atoms. The van der Waals surface area contributed by atoms with Gasteiger partial charge in [-0.25, -0.2) is 14.6 Å². The zero-order valence-corrected chi connectivity index (χ0v) is 20.1. The van der Waals surface area contributed by atoms with E-state index in [4.69, 9.17) is 9.47 Å². The molecule has 10 heteroatoms. The van der Waals surface area contributed by atoms with Crippen molar-refractivity contribution >= 4 is 35.2 Å². The molecule has 0 radical (unpaired) electrons. The second kappa shape index (κ2) is 9.98. The lowest BCUT2D eigenvalue weighted by Crippen LogP contribution is -2.40. The number of carbonyl (C=O) groups excluding carboxylic acids is 1. The smallest absolute Gasteiger partial charge is 0.338 e. The summed E-state index contributed by atoms with van der Waals surface area (Å²) in [5.74, 6) is -1.00. The van der Waals surface area contributed by atoms with Crippen LogP contribution in [0.5, 0.6) is 5.75 Å². The summed E-state index contributed by atoms with van der Waals surface area (Å²) in [7, 11) is 1.54. The van der Waals surface area contributed by atoms with E-state index in [-0.39, 0.29) is 23.3 Å². The van der Waals surface area contributed by atoms with Gasteiger partial charge in [-0.2, -0.15) is 0 Å². The van der Waals surface area contributed by atoms with Crippen LogP contribution in [0.4, 0.5) is 5.69 Å². The topological polar surface area (TPSA) is 119 Å². The Bertz CT molecular complexity index is 1520. The molecule has 2 heterocycles. The van der Waals surface area contributed by atoms with Crippen molar-refractivity contribution < 1.29 is 24.2 Å². The van der Waals surface area contributed by atoms with Crippen LogP contribution in [0.25, 0.3) is 6.20 Å². The van der Waals surface area contributed by atoms with Crippen LogP contribution < -0.4 is 24.9 Å². The normalized spacial score (nSPS) is 15.3. The molecule has 1 aliphatic heterocycles. The molecule has 0 saturated heterocycles. The van der Waals surface area contributed by atoms with Gasteiger partial charge in [0, 0.05) is 11.9 Å². The Morgan fingerprint density at radius 1 is 1.23 bits per heavy atom. The molecule has 0 amide bonds. The molecule has 0 spiro atoms. The maximum Gasteiger partial charge on any atom is 0.338 e. The highest BCUT2D eigenvalue weighted by atomic mass is 32.1. The molecule has 4 rings (SSSR count). The van der Waals surface area contributed by atoms with Crippen molar-refractivity contribution in [1.82, 2.24) is 4.57 Å². The lowest BCUT2D eigenvalue weighted by Gasteiger charge is -2.24. The Labute approximate surface area is 204 Å². The average Bonchev–Trinajstić information content (AvgIpc) is 3.16. The number of hydrogen-bond donors (Lipinski definition) is 2. The number of anilines is 1. The largest absolute Gasteiger partial charge is 0.497 e. The van der Waals surface area contributed by atoms with Crippen LogP contribution in [0.1, 0.15) is 35.8 Å². The molecule has 1 atom stereocenters. The average molecular weight is 494 g/mol. The number of carbonyl (C=O) groups is 2. The monoisotopic (exact) mass is 493 g/mol. The molecule has 0 bridgehead atoms. The van der Waals surface area contributed by atoms with Crippen molar-refractivity contribution in [2.24, 2.45) is 4.99 Å². The lowest BCUT2D eigenvalue weighted by atomic mass is 9.95. The number of aromatic nitrogens is 1. The first-order valence-electron chi connectivity index (χ1n) is 10.8. The Balaban J connectivity index is 1.85. The van der Waals surface area contributed by atoms with Gasteiger partial charge in [-0.3, -0.25) is 9.36 Å². The summed E-state index contributed by atoms with van der Waals surface area (Å²) in [6, 6.07) is 12.7. The van der Waals surface area contributed by atoms with Crippen molar-refractivity contribution in [2.45, 2.75) is 19.9 Å². The van der Waals surface area contributed by atoms with Crippen LogP contribution in [0, 0.1) is 0 Å². The van der Waals surface area contributed by atoms with E-state index in [0.29, 0.717) is 32.0 Å². The minimum atomic E-state index is -1.05. The quantitative estimate of drug-likeness (QED) is 0.486. The predicted molar refractivity (Wildman–Crippen MR) is 131 cm³/mol. The Morgan fingerprint density at radius 3 is 2.71 bits per heavy atom. The summed E-state index contributed by atoms with van der Waals surface area (Å²) >= 11 is 1.16. The maximum absolute atomic E-state index is 13.5. The second-order valence-corrected chi connectivity index (χ2v) is 8.62. The fraction of sp³-hybridized carbons (Fsp3) is 0.200. The number of hydrogen-bond acceptors (Lipinski definition) is 8. The van der Waals surface area contributed by atoms with Gasteiger partial charge in [-0.05, 0) is 49.7 Å². The minimum Gasteiger partial charge on any atom is -0.497 e. The Hall–Kier alpha value is -4.18. The van der Waals surface area contributed by atoms with Crippen LogP contribution >= 0.6 is 11.3 Å². The van der Waals surface area contributed by atoms with Crippen molar-refractivity contribution in [1.29, 1.82) is 0 Å². The number of rotatable bonds is 7. The van der Waals surface area contributed by atoms with Crippen LogP contribution in [-0.2, 0) is 9.53 Å². The number of aromatic carboxylic acids is 1. The first-order valence-corrected chi connectivity index (χ1v) is 11.6. The second-order valence-electron chi connectivity index (χ2n) is 7.61. The third kappa shape index (κ3) is 4.73. The third-order valence-corrected chi connectivity index (χ3v) is 6.39. The number of ether oxygens (including phenoxy) is 2. The van der Waals surface area contributed by atoms with Crippen molar-refractivity contribution in [2.75, 3.05) is 19.0 Å². The Kier molecular flexibility index (Phi) is 6.83. The molecule has 3 aromatic rings. The summed E-state index contributed by atoms with van der Waals surface area (Å²) in [6.07, 6.45) is 1.51. The molecule has 1 aromatic heterocycles. The van der Waals surface area contributed by atoms with Gasteiger partial charge in [0.25, 0.3) is 5.56 Å². The summed E-state index contributed by atoms with van der Waals surface area (Å²) in [6.45, 7) is 3.62. The fourth-order valence-corrected chi connectivity index (χ4v) is 4.78. The van der Waals surface area contributed by atoms with E-state index < -0.39 is 18.0 Å². The Morgan fingerprint density at radius 2 is 2.00 bits per heavy atom. The number of allylic oxidation sites excluding steroid dienone is 1. The van der Waals surface area contributed by atoms with Crippen LogP contribution in [0.3, 0.4) is 0 Å². The van der Waals surface area contributed by atoms with E-state index in [2.05, 4.69) is 10.3 Å². The number of fused-ring (bicyclic) bond motifs is 1. The molecule has 0 aliphatic carbocycles. The van der Waals surface area contributed by atoms with E-state index in [1.165, 1.54) is 22.9 Å². The molecule has 1 aliphatic rings. The highest BCUT2D eigenvalue weighted by molar-refractivity contribution is 7.07. The number of nitrogens with zero attached hydrogens (tertiary/aromatic N) is 2. The number of carboxylic acids is 1. The predicted octanol–water partition coefficient (Wildman–Crippen LogP) is 2.53. The highest BCUT2D eigenvalue weighted by Crippen LogP contribution is 2.32. The van der Waals surface area contributed by atoms with Gasteiger partial charge >= 0.3 is 11.9 Å². The zero-order valence-electron chi connectivity index (χ0n) is 19.3. The molecule has 2 aromatic carbocycles. The molecular formula is C25H23N3O6S. The number of thiazole rings is 1. The molecule has 180 valence electrons. The van der Waals surface area contributed by atoms with Gasteiger partial charge in [0.15, 0.2) is 4.80 Å². The first kappa shape index (κ1) is 24.0. The summed E-state index contributed by atoms with van der Waals surface area (Å²) in [5.41, 5.74) is 1.71. The summed E-state index contributed by atoms with van der Waals surface area (Å²) in [5, 5.41) is 12.2. The maximum atomic E-state index is 13.5. The van der Waals surface area contributed by atoms with E-state index in [0.717, 1.165) is 11.3 Å². The van der Waals surface area contributed by atoms with Crippen molar-refractivity contribution in [3.8, 4) is 5.75 Å². The first-order chi connectivity index (χ1) is 16.8. The number of benzene rings is 2. The van der Waals surface area contributed by atoms with Crippen LogP contribution in [0.15, 0.2) is 69.6 Å². The van der Waals surface area contributed by atoms with E-state index in [9.17, 15) is 19.5 Å². The van der Waals surface area contributed by atoms with Crippen LogP contribution in [-0.4, -0.2) is 35.3 Å². The van der Waals surface area contributed by atoms with Gasteiger partial charge < -0.3 is 19.9 Å². The molecule has 9 nitrogen and oxygen atoms in total. The molecule has 2 N–H and O–H groups in total. The van der Waals surface area contributed by atoms with Crippen LogP contribution in [0.2, 0.25) is 0 Å². The zero-order chi connectivity index (χ0) is 25.1. The summed E-state index contributed by atoms with van der Waals surface area (Å²) in [4.78, 5) is 42.6. The van der Waals surface area contributed by atoms with Gasteiger partial charge in [-0.1, -0.05) is 29.5 Å². The van der Waals surface area contributed by atoms with E-state index in [1.54, 1.807) is 51.3 Å². The van der Waals surface area contributed by atoms with E-state index in [1.807, 2.05) is 6.07 Å². The highest BCUT2D eigenvalue weighted by Gasteiger charge is 2.33. The van der Waals surface area contributed by atoms with Gasteiger partial charge in [0.05, 0.1) is 36.6 Å². The fourth-order valence-electron chi connectivity index (χ4n) is 3.81.